The SMILES string of the molecule is CC1(C)CCN(CC(=O)c2ccc(Cl)s2)C1. The van der Waals surface area contributed by atoms with Gasteiger partial charge in [0.15, 0.2) is 5.78 Å². The zero-order valence-electron chi connectivity index (χ0n) is 9.62. The van der Waals surface area contributed by atoms with E-state index in [1.54, 1.807) is 6.07 Å². The van der Waals surface area contributed by atoms with Crippen molar-refractivity contribution in [3.05, 3.63) is 21.3 Å². The van der Waals surface area contributed by atoms with Gasteiger partial charge in [-0.1, -0.05) is 25.4 Å². The van der Waals surface area contributed by atoms with Gasteiger partial charge in [-0.2, -0.15) is 0 Å². The standard InChI is InChI=1S/C12H16ClNOS/c1-12(2)5-6-14(8-12)7-9(15)10-3-4-11(13)16-10/h3-4H,5-8H2,1-2H3. The Balaban J connectivity index is 1.94. The molecule has 88 valence electrons. The van der Waals surface area contributed by atoms with E-state index in [1.807, 2.05) is 6.07 Å². The lowest BCUT2D eigenvalue weighted by molar-refractivity contribution is 0.0944. The van der Waals surface area contributed by atoms with Crippen LogP contribution >= 0.6 is 22.9 Å². The van der Waals surface area contributed by atoms with Crippen LogP contribution in [-0.4, -0.2) is 30.3 Å². The molecule has 1 aliphatic rings. The molecule has 0 bridgehead atoms. The molecule has 1 aromatic rings. The lowest BCUT2D eigenvalue weighted by Crippen LogP contribution is -2.29. The third kappa shape index (κ3) is 2.84. The Morgan fingerprint density at radius 3 is 2.81 bits per heavy atom. The molecule has 1 fully saturated rings. The largest absolute Gasteiger partial charge is 0.295 e. The first-order valence-electron chi connectivity index (χ1n) is 5.47. The van der Waals surface area contributed by atoms with Gasteiger partial charge in [-0.3, -0.25) is 9.69 Å². The lowest BCUT2D eigenvalue weighted by Gasteiger charge is -2.18. The maximum atomic E-state index is 11.9. The number of carbonyl (C=O) groups excluding carboxylic acids is 1. The van der Waals surface area contributed by atoms with Crippen LogP contribution in [0.15, 0.2) is 12.1 Å². The maximum Gasteiger partial charge on any atom is 0.186 e. The number of hydrogen-bond donors (Lipinski definition) is 0. The smallest absolute Gasteiger partial charge is 0.186 e. The summed E-state index contributed by atoms with van der Waals surface area (Å²) in [5.41, 5.74) is 0.355. The molecule has 0 radical (unpaired) electrons. The van der Waals surface area contributed by atoms with Gasteiger partial charge in [-0.05, 0) is 30.5 Å². The zero-order chi connectivity index (χ0) is 11.8. The van der Waals surface area contributed by atoms with E-state index in [9.17, 15) is 4.79 Å². The number of likely N-dealkylation sites (tertiary alicyclic amines) is 1. The number of ketones is 1. The number of nitrogens with zero attached hydrogens (tertiary/aromatic N) is 1. The molecule has 1 aromatic heterocycles. The molecule has 2 nitrogen and oxygen atoms in total. The van der Waals surface area contributed by atoms with Gasteiger partial charge < -0.3 is 0 Å². The first-order chi connectivity index (χ1) is 7.46. The number of halogens is 1. The van der Waals surface area contributed by atoms with Gasteiger partial charge in [0.2, 0.25) is 0 Å². The van der Waals surface area contributed by atoms with Crippen molar-refractivity contribution in [3.63, 3.8) is 0 Å². The summed E-state index contributed by atoms with van der Waals surface area (Å²) >= 11 is 7.19. The van der Waals surface area contributed by atoms with Crippen LogP contribution < -0.4 is 0 Å². The molecule has 0 N–H and O–H groups in total. The third-order valence-electron chi connectivity index (χ3n) is 2.97. The van der Waals surface area contributed by atoms with Crippen LogP contribution in [0.5, 0.6) is 0 Å². The van der Waals surface area contributed by atoms with Crippen molar-refractivity contribution in [2.45, 2.75) is 20.3 Å². The second-order valence-electron chi connectivity index (χ2n) is 5.15. The van der Waals surface area contributed by atoms with Crippen LogP contribution in [0.3, 0.4) is 0 Å². The van der Waals surface area contributed by atoms with Crippen molar-refractivity contribution in [1.82, 2.24) is 4.90 Å². The van der Waals surface area contributed by atoms with Gasteiger partial charge in [0.1, 0.15) is 0 Å². The normalized spacial score (nSPS) is 20.2. The van der Waals surface area contributed by atoms with Gasteiger partial charge in [-0.15, -0.1) is 11.3 Å². The Labute approximate surface area is 105 Å². The fourth-order valence-electron chi connectivity index (χ4n) is 2.10. The first kappa shape index (κ1) is 12.1. The molecule has 0 spiro atoms. The molecule has 1 saturated heterocycles. The van der Waals surface area contributed by atoms with E-state index in [0.29, 0.717) is 16.3 Å². The van der Waals surface area contributed by atoms with E-state index in [2.05, 4.69) is 18.7 Å². The zero-order valence-corrected chi connectivity index (χ0v) is 11.2. The highest BCUT2D eigenvalue weighted by Crippen LogP contribution is 2.29. The van der Waals surface area contributed by atoms with Crippen LogP contribution in [0, 0.1) is 5.41 Å². The molecule has 2 rings (SSSR count). The van der Waals surface area contributed by atoms with Crippen molar-refractivity contribution in [1.29, 1.82) is 0 Å². The number of thiophene rings is 1. The molecule has 1 aliphatic heterocycles. The molecule has 0 atom stereocenters. The van der Waals surface area contributed by atoms with E-state index in [0.717, 1.165) is 18.0 Å². The summed E-state index contributed by atoms with van der Waals surface area (Å²) in [6, 6.07) is 3.60. The van der Waals surface area contributed by atoms with E-state index in [1.165, 1.54) is 17.8 Å². The second-order valence-corrected chi connectivity index (χ2v) is 6.87. The molecule has 4 heteroatoms. The number of carbonyl (C=O) groups is 1. The summed E-state index contributed by atoms with van der Waals surface area (Å²) in [4.78, 5) is 14.9. The number of Topliss-reactive ketones (excluding diaryl/α,β-unsaturated/α-hetero) is 1. The first-order valence-corrected chi connectivity index (χ1v) is 6.67. The quantitative estimate of drug-likeness (QED) is 0.775. The van der Waals surface area contributed by atoms with E-state index in [-0.39, 0.29) is 5.78 Å². The van der Waals surface area contributed by atoms with Crippen LogP contribution in [0.1, 0.15) is 29.9 Å². The Morgan fingerprint density at radius 2 is 2.31 bits per heavy atom. The third-order valence-corrected chi connectivity index (χ3v) is 4.24. The van der Waals surface area contributed by atoms with Crippen molar-refractivity contribution in [2.75, 3.05) is 19.6 Å². The molecule has 0 amide bonds. The molecule has 0 saturated carbocycles. The van der Waals surface area contributed by atoms with Gasteiger partial charge in [0.05, 0.1) is 15.8 Å². The topological polar surface area (TPSA) is 20.3 Å². The van der Waals surface area contributed by atoms with Crippen molar-refractivity contribution >= 4 is 28.7 Å². The fourth-order valence-corrected chi connectivity index (χ4v) is 3.08. The van der Waals surface area contributed by atoms with Crippen molar-refractivity contribution in [2.24, 2.45) is 5.41 Å². The van der Waals surface area contributed by atoms with E-state index >= 15 is 0 Å². The van der Waals surface area contributed by atoms with Gasteiger partial charge in [-0.25, -0.2) is 0 Å². The number of hydrogen-bond acceptors (Lipinski definition) is 3. The van der Waals surface area contributed by atoms with Crippen LogP contribution in [-0.2, 0) is 0 Å². The van der Waals surface area contributed by atoms with Crippen molar-refractivity contribution in [3.8, 4) is 0 Å². The van der Waals surface area contributed by atoms with Crippen LogP contribution in [0.25, 0.3) is 0 Å². The Bertz CT molecular complexity index is 399. The summed E-state index contributed by atoms with van der Waals surface area (Å²) in [7, 11) is 0. The molecular weight excluding hydrogens is 242 g/mol. The Morgan fingerprint density at radius 1 is 1.56 bits per heavy atom. The van der Waals surface area contributed by atoms with Gasteiger partial charge in [0.25, 0.3) is 0 Å². The van der Waals surface area contributed by atoms with E-state index < -0.39 is 0 Å². The average molecular weight is 258 g/mol. The minimum atomic E-state index is 0.189. The van der Waals surface area contributed by atoms with Crippen molar-refractivity contribution < 1.29 is 4.79 Å². The van der Waals surface area contributed by atoms with Crippen LogP contribution in [0.2, 0.25) is 4.34 Å². The van der Waals surface area contributed by atoms with E-state index in [4.69, 9.17) is 11.6 Å². The summed E-state index contributed by atoms with van der Waals surface area (Å²) in [5, 5.41) is 0. The number of rotatable bonds is 3. The van der Waals surface area contributed by atoms with Gasteiger partial charge >= 0.3 is 0 Å². The maximum absolute atomic E-state index is 11.9. The predicted octanol–water partition coefficient (Wildman–Crippen LogP) is 3.32. The lowest BCUT2D eigenvalue weighted by atomic mass is 9.93. The highest BCUT2D eigenvalue weighted by molar-refractivity contribution is 7.18. The highest BCUT2D eigenvalue weighted by atomic mass is 35.5. The summed E-state index contributed by atoms with van der Waals surface area (Å²) < 4.78 is 0.685. The van der Waals surface area contributed by atoms with Gasteiger partial charge in [0, 0.05) is 6.54 Å². The predicted molar refractivity (Wildman–Crippen MR) is 68.5 cm³/mol. The minimum Gasteiger partial charge on any atom is -0.295 e. The summed E-state index contributed by atoms with van der Waals surface area (Å²) in [6.45, 7) is 7.06. The monoisotopic (exact) mass is 257 g/mol. The minimum absolute atomic E-state index is 0.189. The second kappa shape index (κ2) is 4.47. The Kier molecular flexibility index (Phi) is 3.38. The summed E-state index contributed by atoms with van der Waals surface area (Å²) in [6.07, 6.45) is 1.17. The fraction of sp³-hybridized carbons (Fsp3) is 0.583. The average Bonchev–Trinajstić information content (AvgIpc) is 2.73. The molecule has 16 heavy (non-hydrogen) atoms. The summed E-state index contributed by atoms with van der Waals surface area (Å²) in [5.74, 6) is 0.189. The highest BCUT2D eigenvalue weighted by Gasteiger charge is 2.30. The Hall–Kier alpha value is -0.380. The molecule has 0 aliphatic carbocycles. The van der Waals surface area contributed by atoms with Crippen LogP contribution in [0.4, 0.5) is 0 Å². The molecule has 2 heterocycles. The molecular formula is C12H16ClNOS. The molecule has 0 aromatic carbocycles. The molecule has 0 unspecified atom stereocenters.